The first-order valence-corrected chi connectivity index (χ1v) is 20.2. The van der Waals surface area contributed by atoms with Crippen molar-refractivity contribution < 1.29 is 4.39 Å². The van der Waals surface area contributed by atoms with E-state index in [9.17, 15) is 0 Å². The highest BCUT2D eigenvalue weighted by Gasteiger charge is 2.51. The van der Waals surface area contributed by atoms with Gasteiger partial charge in [0.15, 0.2) is 0 Å². The highest BCUT2D eigenvalue weighted by atomic mass is 28.3. The van der Waals surface area contributed by atoms with Gasteiger partial charge in [-0.2, -0.15) is 0 Å². The average Bonchev–Trinajstić information content (AvgIpc) is 2.95. The van der Waals surface area contributed by atoms with Gasteiger partial charge >= 0.3 is 0 Å². The van der Waals surface area contributed by atoms with Gasteiger partial charge < -0.3 is 9.80 Å². The quantitative estimate of drug-likeness (QED) is 0.262. The maximum Gasteiger partial charge on any atom is 0.252 e. The lowest BCUT2D eigenvalue weighted by Crippen LogP contribution is -2.70. The highest BCUT2D eigenvalue weighted by Crippen LogP contribution is 2.46. The molecule has 0 aliphatic carbocycles. The van der Waals surface area contributed by atoms with Crippen molar-refractivity contribution in [2.75, 3.05) is 9.80 Å². The Labute approximate surface area is 236 Å². The van der Waals surface area contributed by atoms with E-state index in [4.69, 9.17) is 0 Å². The Morgan fingerprint density at radius 2 is 0.950 bits per heavy atom. The van der Waals surface area contributed by atoms with Crippen LogP contribution in [0, 0.1) is 5.82 Å². The first kappa shape index (κ1) is 22.9. The number of anilines is 6. The van der Waals surface area contributed by atoms with E-state index in [0.717, 1.165) is 11.4 Å². The molecule has 0 unspecified atom stereocenters. The summed E-state index contributed by atoms with van der Waals surface area (Å²) in [7, 11) is -3.96. The monoisotopic (exact) mass is 550 g/mol. The molecule has 0 fully saturated rings. The number of halogens is 1. The van der Waals surface area contributed by atoms with E-state index in [1.54, 1.807) is 12.1 Å². The van der Waals surface area contributed by atoms with Crippen LogP contribution < -0.4 is 46.9 Å². The molecule has 0 N–H and O–H groups in total. The maximum atomic E-state index is 15.9. The van der Waals surface area contributed by atoms with Crippen LogP contribution in [0.4, 0.5) is 38.5 Å². The van der Waals surface area contributed by atoms with Gasteiger partial charge in [-0.3, -0.25) is 0 Å². The molecule has 0 aromatic heterocycles. The van der Waals surface area contributed by atoms with Gasteiger partial charge in [0, 0.05) is 34.1 Å². The molecule has 0 amide bonds. The summed E-state index contributed by atoms with van der Waals surface area (Å²) in [5.74, 6) is -0.187. The summed E-state index contributed by atoms with van der Waals surface area (Å²) in [6.07, 6.45) is 0. The normalized spacial score (nSPS) is 17.4. The number of fused-ring (bicyclic) bond motifs is 8. The zero-order valence-corrected chi connectivity index (χ0v) is 25.1. The Kier molecular flexibility index (Phi) is 4.15. The highest BCUT2D eigenvalue weighted by molar-refractivity contribution is 7.07. The van der Waals surface area contributed by atoms with Gasteiger partial charge in [-0.1, -0.05) is 99.0 Å². The summed E-state index contributed by atoms with van der Waals surface area (Å²) >= 11 is 0. The molecule has 5 aromatic carbocycles. The van der Waals surface area contributed by atoms with E-state index in [2.05, 4.69) is 121 Å². The van der Waals surface area contributed by atoms with Crippen LogP contribution in [0.15, 0.2) is 97.1 Å². The molecule has 4 aliphatic heterocycles. The van der Waals surface area contributed by atoms with Crippen molar-refractivity contribution in [1.82, 2.24) is 0 Å². The molecule has 0 atom stereocenters. The topological polar surface area (TPSA) is 6.48 Å². The van der Waals surface area contributed by atoms with Gasteiger partial charge in [0.2, 0.25) is 0 Å². The fourth-order valence-corrected chi connectivity index (χ4v) is 14.3. The van der Waals surface area contributed by atoms with E-state index in [1.165, 1.54) is 59.9 Å². The number of rotatable bonds is 0. The van der Waals surface area contributed by atoms with Crippen molar-refractivity contribution in [3.63, 3.8) is 0 Å². The standard InChI is InChI=1S/C34H28BFN2Si2/c1-39(2)28-15-7-5-13-24(28)37-26-19-21(36)20-27-32(26)35(22-11-9-17-30(39)33(22)37)23-12-10-18-31-34(23)38(27)25-14-6-8-16-29(25)40(31,3)4/h5-20H,1-4H3. The number of benzene rings is 5. The Morgan fingerprint density at radius 1 is 0.525 bits per heavy atom. The lowest BCUT2D eigenvalue weighted by molar-refractivity contribution is 0.628. The van der Waals surface area contributed by atoms with Crippen LogP contribution in [-0.2, 0) is 0 Å². The van der Waals surface area contributed by atoms with E-state index >= 15 is 4.39 Å². The van der Waals surface area contributed by atoms with Crippen LogP contribution in [0.5, 0.6) is 0 Å². The predicted molar refractivity (Wildman–Crippen MR) is 174 cm³/mol. The first-order chi connectivity index (χ1) is 19.3. The molecule has 9 rings (SSSR count). The third-order valence-electron chi connectivity index (χ3n) is 10.1. The van der Waals surface area contributed by atoms with Crippen molar-refractivity contribution in [3.8, 4) is 0 Å². The molecule has 0 bridgehead atoms. The number of hydrogen-bond acceptors (Lipinski definition) is 2. The van der Waals surface area contributed by atoms with Crippen molar-refractivity contribution in [3.05, 3.63) is 103 Å². The fourth-order valence-electron chi connectivity index (χ4n) is 8.26. The molecule has 4 aliphatic rings. The van der Waals surface area contributed by atoms with Crippen LogP contribution in [0.2, 0.25) is 26.2 Å². The number of para-hydroxylation sites is 4. The molecule has 4 heterocycles. The van der Waals surface area contributed by atoms with Gasteiger partial charge in [0.1, 0.15) is 22.0 Å². The predicted octanol–water partition coefficient (Wildman–Crippen LogP) is 4.18. The molecule has 0 saturated heterocycles. The summed E-state index contributed by atoms with van der Waals surface area (Å²) in [4.78, 5) is 4.78. The molecule has 0 saturated carbocycles. The molecule has 0 radical (unpaired) electrons. The van der Waals surface area contributed by atoms with Crippen molar-refractivity contribution in [2.24, 2.45) is 0 Å². The second-order valence-electron chi connectivity index (χ2n) is 12.7. The minimum atomic E-state index is -1.98. The minimum absolute atomic E-state index is 0.0631. The van der Waals surface area contributed by atoms with Crippen molar-refractivity contribution in [1.29, 1.82) is 0 Å². The SMILES string of the molecule is C[Si]1(C)c2ccccc2N2c3cc(F)cc4c3B(c3cccc1c32)c1cccc2c1N4c1ccccc1[Si]2(C)C. The Balaban J connectivity index is 1.46. The molecule has 6 heteroatoms. The van der Waals surface area contributed by atoms with Gasteiger partial charge in [-0.15, -0.1) is 0 Å². The van der Waals surface area contributed by atoms with Crippen LogP contribution in [-0.4, -0.2) is 22.9 Å². The summed E-state index contributed by atoms with van der Waals surface area (Å²) in [5.41, 5.74) is 10.8. The molecular weight excluding hydrogens is 522 g/mol. The minimum Gasteiger partial charge on any atom is -0.312 e. The number of hydrogen-bond donors (Lipinski definition) is 0. The van der Waals surface area contributed by atoms with E-state index in [1.807, 2.05) is 0 Å². The van der Waals surface area contributed by atoms with Gasteiger partial charge in [0.05, 0.1) is 0 Å². The smallest absolute Gasteiger partial charge is 0.252 e. The zero-order valence-electron chi connectivity index (χ0n) is 23.1. The van der Waals surface area contributed by atoms with Gasteiger partial charge in [0.25, 0.3) is 6.71 Å². The number of nitrogens with zero attached hydrogens (tertiary/aromatic N) is 2. The van der Waals surface area contributed by atoms with E-state index < -0.39 is 16.1 Å². The zero-order chi connectivity index (χ0) is 27.1. The first-order valence-electron chi connectivity index (χ1n) is 14.2. The Hall–Kier alpha value is -3.87. The van der Waals surface area contributed by atoms with Crippen LogP contribution >= 0.6 is 0 Å². The van der Waals surface area contributed by atoms with Crippen LogP contribution in [0.3, 0.4) is 0 Å². The molecule has 192 valence electrons. The molecule has 5 aromatic rings. The Bertz CT molecular complexity index is 1830. The summed E-state index contributed by atoms with van der Waals surface area (Å²) < 4.78 is 15.9. The molecule has 0 spiro atoms. The fraction of sp³-hybridized carbons (Fsp3) is 0.118. The largest absolute Gasteiger partial charge is 0.312 e. The maximum absolute atomic E-state index is 15.9. The molecule has 40 heavy (non-hydrogen) atoms. The molecular formula is C34H28BFN2Si2. The summed E-state index contributed by atoms with van der Waals surface area (Å²) in [5, 5.41) is 5.69. The second kappa shape index (κ2) is 7.25. The summed E-state index contributed by atoms with van der Waals surface area (Å²) in [6, 6.07) is 35.1. The van der Waals surface area contributed by atoms with Gasteiger partial charge in [-0.25, -0.2) is 4.39 Å². The summed E-state index contributed by atoms with van der Waals surface area (Å²) in [6.45, 7) is 9.91. The third kappa shape index (κ3) is 2.51. The lowest BCUT2D eigenvalue weighted by atomic mass is 9.33. The van der Waals surface area contributed by atoms with E-state index in [0.29, 0.717) is 0 Å². The van der Waals surface area contributed by atoms with Crippen molar-refractivity contribution in [2.45, 2.75) is 26.2 Å². The average molecular weight is 551 g/mol. The third-order valence-corrected chi connectivity index (χ3v) is 17.1. The Morgan fingerprint density at radius 3 is 1.43 bits per heavy atom. The molecule has 2 nitrogen and oxygen atoms in total. The second-order valence-corrected chi connectivity index (χ2v) is 21.4. The van der Waals surface area contributed by atoms with Crippen LogP contribution in [0.25, 0.3) is 0 Å². The van der Waals surface area contributed by atoms with E-state index in [-0.39, 0.29) is 12.5 Å². The van der Waals surface area contributed by atoms with Gasteiger partial charge in [-0.05, 0) is 61.4 Å². The lowest BCUT2D eigenvalue weighted by Gasteiger charge is -2.51. The van der Waals surface area contributed by atoms with Crippen molar-refractivity contribution >= 4 is 94.1 Å². The van der Waals surface area contributed by atoms with Crippen LogP contribution in [0.1, 0.15) is 0 Å².